The second-order valence-electron chi connectivity index (χ2n) is 5.56. The number of hydrogen-bond acceptors (Lipinski definition) is 4. The summed E-state index contributed by atoms with van der Waals surface area (Å²) in [6, 6.07) is 17.0. The zero-order valence-corrected chi connectivity index (χ0v) is 14.0. The second-order valence-corrected chi connectivity index (χ2v) is 5.56. The fourth-order valence-electron chi connectivity index (χ4n) is 2.61. The molecule has 128 valence electrons. The first-order chi connectivity index (χ1) is 12.2. The normalized spacial score (nSPS) is 10.6. The summed E-state index contributed by atoms with van der Waals surface area (Å²) in [5.41, 5.74) is 1.98. The van der Waals surface area contributed by atoms with Crippen LogP contribution in [0.25, 0.3) is 11.0 Å². The highest BCUT2D eigenvalue weighted by molar-refractivity contribution is 6.09. The van der Waals surface area contributed by atoms with Crippen molar-refractivity contribution in [1.29, 1.82) is 0 Å². The monoisotopic (exact) mass is 337 g/mol. The van der Waals surface area contributed by atoms with E-state index in [0.29, 0.717) is 29.5 Å². The summed E-state index contributed by atoms with van der Waals surface area (Å²) in [6.45, 7) is 1.95. The third-order valence-electron chi connectivity index (χ3n) is 3.80. The molecule has 0 fully saturated rings. The molecule has 0 aliphatic heterocycles. The van der Waals surface area contributed by atoms with Crippen LogP contribution in [0.5, 0.6) is 0 Å². The number of esters is 1. The number of aryl methyl sites for hydroxylation is 1. The molecule has 1 heterocycles. The van der Waals surface area contributed by atoms with Crippen LogP contribution in [0.3, 0.4) is 0 Å². The SMILES string of the molecule is CCOC(=O)c1oc2ccccc2c1NC(=O)CCc1ccccc1. The van der Waals surface area contributed by atoms with Crippen LogP contribution >= 0.6 is 0 Å². The summed E-state index contributed by atoms with van der Waals surface area (Å²) < 4.78 is 10.6. The molecule has 5 heteroatoms. The summed E-state index contributed by atoms with van der Waals surface area (Å²) in [7, 11) is 0. The second kappa shape index (κ2) is 7.66. The molecular weight excluding hydrogens is 318 g/mol. The molecule has 1 aromatic heterocycles. The molecular formula is C20H19NO4. The third kappa shape index (κ3) is 3.88. The molecule has 1 amide bonds. The van der Waals surface area contributed by atoms with E-state index in [4.69, 9.17) is 9.15 Å². The first-order valence-electron chi connectivity index (χ1n) is 8.21. The maximum Gasteiger partial charge on any atom is 0.376 e. The molecule has 0 atom stereocenters. The van der Waals surface area contributed by atoms with Gasteiger partial charge in [0.05, 0.1) is 6.61 Å². The molecule has 25 heavy (non-hydrogen) atoms. The Balaban J connectivity index is 1.80. The number of amides is 1. The van der Waals surface area contributed by atoms with Crippen molar-refractivity contribution in [2.45, 2.75) is 19.8 Å². The molecule has 0 saturated carbocycles. The number of nitrogens with one attached hydrogen (secondary N) is 1. The number of hydrogen-bond donors (Lipinski definition) is 1. The lowest BCUT2D eigenvalue weighted by Crippen LogP contribution is -2.15. The highest BCUT2D eigenvalue weighted by Gasteiger charge is 2.23. The molecule has 0 unspecified atom stereocenters. The Bertz CT molecular complexity index is 883. The lowest BCUT2D eigenvalue weighted by atomic mass is 10.1. The average Bonchev–Trinajstić information content (AvgIpc) is 3.00. The van der Waals surface area contributed by atoms with Crippen molar-refractivity contribution in [3.05, 3.63) is 65.9 Å². The summed E-state index contributed by atoms with van der Waals surface area (Å²) in [4.78, 5) is 24.5. The number of rotatable bonds is 6. The van der Waals surface area contributed by atoms with Gasteiger partial charge in [0, 0.05) is 11.8 Å². The Morgan fingerprint density at radius 1 is 1.04 bits per heavy atom. The van der Waals surface area contributed by atoms with Gasteiger partial charge in [0.25, 0.3) is 0 Å². The molecule has 2 aromatic carbocycles. The van der Waals surface area contributed by atoms with Gasteiger partial charge in [0.15, 0.2) is 0 Å². The molecule has 0 radical (unpaired) electrons. The maximum absolute atomic E-state index is 12.4. The van der Waals surface area contributed by atoms with Crippen molar-refractivity contribution < 1.29 is 18.7 Å². The van der Waals surface area contributed by atoms with Gasteiger partial charge >= 0.3 is 5.97 Å². The molecule has 1 N–H and O–H groups in total. The smallest absolute Gasteiger partial charge is 0.376 e. The van der Waals surface area contributed by atoms with E-state index in [1.54, 1.807) is 19.1 Å². The quantitative estimate of drug-likeness (QED) is 0.685. The zero-order valence-electron chi connectivity index (χ0n) is 14.0. The Labute approximate surface area is 145 Å². The number of ether oxygens (including phenoxy) is 1. The largest absolute Gasteiger partial charge is 0.460 e. The standard InChI is InChI=1S/C20H19NO4/c1-2-24-20(23)19-18(15-10-6-7-11-16(15)25-19)21-17(22)13-12-14-8-4-3-5-9-14/h3-11H,2,12-13H2,1H3,(H,21,22). The zero-order chi connectivity index (χ0) is 17.6. The summed E-state index contributed by atoms with van der Waals surface area (Å²) >= 11 is 0. The molecule has 0 aliphatic carbocycles. The van der Waals surface area contributed by atoms with Crippen LogP contribution in [0.15, 0.2) is 59.0 Å². The molecule has 0 saturated heterocycles. The van der Waals surface area contributed by atoms with E-state index >= 15 is 0 Å². The molecule has 5 nitrogen and oxygen atoms in total. The van der Waals surface area contributed by atoms with Gasteiger partial charge in [-0.3, -0.25) is 4.79 Å². The van der Waals surface area contributed by atoms with Crippen LogP contribution in [-0.2, 0) is 16.0 Å². The van der Waals surface area contributed by atoms with Gasteiger partial charge in [0.1, 0.15) is 11.3 Å². The third-order valence-corrected chi connectivity index (χ3v) is 3.80. The van der Waals surface area contributed by atoms with Gasteiger partial charge in [0.2, 0.25) is 11.7 Å². The first-order valence-corrected chi connectivity index (χ1v) is 8.21. The molecule has 0 aliphatic rings. The van der Waals surface area contributed by atoms with Crippen molar-refractivity contribution >= 4 is 28.5 Å². The van der Waals surface area contributed by atoms with E-state index in [0.717, 1.165) is 5.56 Å². The average molecular weight is 337 g/mol. The van der Waals surface area contributed by atoms with Gasteiger partial charge in [-0.15, -0.1) is 0 Å². The minimum absolute atomic E-state index is 0.0242. The number of fused-ring (bicyclic) bond motifs is 1. The lowest BCUT2D eigenvalue weighted by Gasteiger charge is -2.06. The van der Waals surface area contributed by atoms with Crippen molar-refractivity contribution in [2.24, 2.45) is 0 Å². The lowest BCUT2D eigenvalue weighted by molar-refractivity contribution is -0.116. The van der Waals surface area contributed by atoms with Crippen LogP contribution in [0, 0.1) is 0 Å². The van der Waals surface area contributed by atoms with E-state index in [-0.39, 0.29) is 18.3 Å². The van der Waals surface area contributed by atoms with E-state index in [2.05, 4.69) is 5.32 Å². The molecule has 3 aromatic rings. The minimum atomic E-state index is -0.586. The van der Waals surface area contributed by atoms with E-state index in [1.165, 1.54) is 0 Å². The Morgan fingerprint density at radius 3 is 2.52 bits per heavy atom. The summed E-state index contributed by atoms with van der Waals surface area (Å²) in [6.07, 6.45) is 0.934. The highest BCUT2D eigenvalue weighted by Crippen LogP contribution is 2.31. The van der Waals surface area contributed by atoms with Crippen LogP contribution in [-0.4, -0.2) is 18.5 Å². The predicted molar refractivity (Wildman–Crippen MR) is 95.6 cm³/mol. The summed E-state index contributed by atoms with van der Waals surface area (Å²) in [5, 5.41) is 3.49. The number of carbonyl (C=O) groups excluding carboxylic acids is 2. The maximum atomic E-state index is 12.4. The minimum Gasteiger partial charge on any atom is -0.460 e. The van der Waals surface area contributed by atoms with Crippen LogP contribution in [0.4, 0.5) is 5.69 Å². The van der Waals surface area contributed by atoms with Gasteiger partial charge < -0.3 is 14.5 Å². The van der Waals surface area contributed by atoms with Crippen LogP contribution in [0.1, 0.15) is 29.5 Å². The topological polar surface area (TPSA) is 68.5 Å². The fourth-order valence-corrected chi connectivity index (χ4v) is 2.61. The fraction of sp³-hybridized carbons (Fsp3) is 0.200. The number of furan rings is 1. The Kier molecular flexibility index (Phi) is 5.14. The van der Waals surface area contributed by atoms with Gasteiger partial charge in [-0.25, -0.2) is 4.79 Å². The summed E-state index contributed by atoms with van der Waals surface area (Å²) in [5.74, 6) is -0.742. The molecule has 0 spiro atoms. The Morgan fingerprint density at radius 2 is 1.76 bits per heavy atom. The van der Waals surface area contributed by atoms with Crippen molar-refractivity contribution in [3.63, 3.8) is 0 Å². The van der Waals surface area contributed by atoms with Crippen LogP contribution in [0.2, 0.25) is 0 Å². The van der Waals surface area contributed by atoms with Crippen LogP contribution < -0.4 is 5.32 Å². The molecule has 3 rings (SSSR count). The van der Waals surface area contributed by atoms with Gasteiger partial charge in [-0.05, 0) is 31.0 Å². The van der Waals surface area contributed by atoms with Crippen molar-refractivity contribution in [3.8, 4) is 0 Å². The number of para-hydroxylation sites is 1. The predicted octanol–water partition coefficient (Wildman–Crippen LogP) is 4.18. The number of carbonyl (C=O) groups is 2. The first kappa shape index (κ1) is 16.8. The molecule has 0 bridgehead atoms. The number of anilines is 1. The number of benzene rings is 2. The van der Waals surface area contributed by atoms with Crippen molar-refractivity contribution in [2.75, 3.05) is 11.9 Å². The Hall–Kier alpha value is -3.08. The van der Waals surface area contributed by atoms with E-state index in [1.807, 2.05) is 42.5 Å². The van der Waals surface area contributed by atoms with Gasteiger partial charge in [-0.2, -0.15) is 0 Å². The van der Waals surface area contributed by atoms with Gasteiger partial charge in [-0.1, -0.05) is 42.5 Å². The highest BCUT2D eigenvalue weighted by atomic mass is 16.5. The van der Waals surface area contributed by atoms with E-state index < -0.39 is 5.97 Å². The van der Waals surface area contributed by atoms with Crippen molar-refractivity contribution in [1.82, 2.24) is 0 Å². The van der Waals surface area contributed by atoms with E-state index in [9.17, 15) is 9.59 Å².